The van der Waals surface area contributed by atoms with Crippen molar-refractivity contribution in [2.45, 2.75) is 6.10 Å². The van der Waals surface area contributed by atoms with Gasteiger partial charge in [-0.15, -0.1) is 0 Å². The van der Waals surface area contributed by atoms with Crippen LogP contribution in [0.25, 0.3) is 0 Å². The maximum Gasteiger partial charge on any atom is 0.122 e. The van der Waals surface area contributed by atoms with Crippen LogP contribution in [0, 0.1) is 0 Å². The van der Waals surface area contributed by atoms with E-state index in [1.807, 2.05) is 55.4 Å². The van der Waals surface area contributed by atoms with E-state index in [1.54, 1.807) is 20.3 Å². The minimum atomic E-state index is -0.728. The normalized spacial score (nSPS) is 11.9. The van der Waals surface area contributed by atoms with Gasteiger partial charge in [0.05, 0.1) is 14.2 Å². The summed E-state index contributed by atoms with van der Waals surface area (Å²) in [6.07, 6.45) is -0.728. The molecule has 112 valence electrons. The van der Waals surface area contributed by atoms with Gasteiger partial charge in [0.25, 0.3) is 0 Å². The second-order valence-corrected chi connectivity index (χ2v) is 5.04. The Kier molecular flexibility index (Phi) is 4.70. The quantitative estimate of drug-likeness (QED) is 0.918. The Morgan fingerprint density at radius 3 is 2.05 bits per heavy atom. The van der Waals surface area contributed by atoms with Crippen molar-refractivity contribution in [3.8, 4) is 11.5 Å². The van der Waals surface area contributed by atoms with E-state index in [1.165, 1.54) is 0 Å². The summed E-state index contributed by atoms with van der Waals surface area (Å²) in [6, 6.07) is 13.2. The van der Waals surface area contributed by atoms with Crippen molar-refractivity contribution < 1.29 is 14.6 Å². The van der Waals surface area contributed by atoms with E-state index >= 15 is 0 Å². The fourth-order valence-electron chi connectivity index (χ4n) is 2.15. The topological polar surface area (TPSA) is 41.9 Å². The zero-order valence-electron chi connectivity index (χ0n) is 12.8. The van der Waals surface area contributed by atoms with Gasteiger partial charge in [-0.3, -0.25) is 0 Å². The first-order valence-electron chi connectivity index (χ1n) is 6.73. The number of rotatable bonds is 5. The van der Waals surface area contributed by atoms with E-state index < -0.39 is 6.10 Å². The van der Waals surface area contributed by atoms with Crippen LogP contribution in [0.3, 0.4) is 0 Å². The predicted octanol–water partition coefficient (Wildman–Crippen LogP) is 2.85. The second kappa shape index (κ2) is 6.50. The molecule has 0 spiro atoms. The van der Waals surface area contributed by atoms with E-state index in [-0.39, 0.29) is 0 Å². The molecule has 2 aromatic carbocycles. The molecule has 4 heteroatoms. The lowest BCUT2D eigenvalue weighted by molar-refractivity contribution is 0.219. The van der Waals surface area contributed by atoms with Gasteiger partial charge in [0, 0.05) is 25.8 Å². The number of hydrogen-bond acceptors (Lipinski definition) is 4. The molecule has 2 aromatic rings. The van der Waals surface area contributed by atoms with E-state index in [0.717, 1.165) is 16.8 Å². The van der Waals surface area contributed by atoms with Crippen LogP contribution in [0.15, 0.2) is 42.5 Å². The molecular formula is C17H21NO3. The van der Waals surface area contributed by atoms with Crippen molar-refractivity contribution in [2.75, 3.05) is 33.2 Å². The molecule has 2 rings (SSSR count). The molecule has 0 heterocycles. The third-order valence-electron chi connectivity index (χ3n) is 3.39. The van der Waals surface area contributed by atoms with Crippen molar-refractivity contribution in [3.05, 3.63) is 53.6 Å². The molecule has 0 fully saturated rings. The summed E-state index contributed by atoms with van der Waals surface area (Å²) in [5.41, 5.74) is 2.61. The highest BCUT2D eigenvalue weighted by atomic mass is 16.5. The van der Waals surface area contributed by atoms with Crippen LogP contribution in [-0.4, -0.2) is 33.4 Å². The lowest BCUT2D eigenvalue weighted by atomic mass is 10.0. The average Bonchev–Trinajstić information content (AvgIpc) is 2.53. The van der Waals surface area contributed by atoms with Crippen molar-refractivity contribution in [2.24, 2.45) is 0 Å². The third-order valence-corrected chi connectivity index (χ3v) is 3.39. The summed E-state index contributed by atoms with van der Waals surface area (Å²) in [5, 5.41) is 10.6. The van der Waals surface area contributed by atoms with Gasteiger partial charge in [-0.2, -0.15) is 0 Å². The van der Waals surface area contributed by atoms with Crippen LogP contribution in [0.1, 0.15) is 17.2 Å². The van der Waals surface area contributed by atoms with Crippen molar-refractivity contribution in [3.63, 3.8) is 0 Å². The Labute approximate surface area is 125 Å². The highest BCUT2D eigenvalue weighted by Gasteiger charge is 2.14. The van der Waals surface area contributed by atoms with E-state index in [0.29, 0.717) is 11.5 Å². The zero-order valence-corrected chi connectivity index (χ0v) is 12.8. The Balaban J connectivity index is 2.39. The SMILES string of the molecule is COc1cc(OC)cc(C(O)c2cccc(N(C)C)c2)c1. The summed E-state index contributed by atoms with van der Waals surface area (Å²) in [7, 11) is 7.13. The maximum absolute atomic E-state index is 10.6. The summed E-state index contributed by atoms with van der Waals surface area (Å²) >= 11 is 0. The molecule has 0 amide bonds. The summed E-state index contributed by atoms with van der Waals surface area (Å²) < 4.78 is 10.5. The van der Waals surface area contributed by atoms with Crippen molar-refractivity contribution in [1.82, 2.24) is 0 Å². The number of nitrogens with zero attached hydrogens (tertiary/aromatic N) is 1. The highest BCUT2D eigenvalue weighted by Crippen LogP contribution is 2.31. The van der Waals surface area contributed by atoms with Gasteiger partial charge < -0.3 is 19.5 Å². The average molecular weight is 287 g/mol. The molecule has 0 bridgehead atoms. The van der Waals surface area contributed by atoms with Crippen molar-refractivity contribution >= 4 is 5.69 Å². The number of benzene rings is 2. The van der Waals surface area contributed by atoms with Crippen LogP contribution in [0.2, 0.25) is 0 Å². The monoisotopic (exact) mass is 287 g/mol. The molecule has 4 nitrogen and oxygen atoms in total. The molecule has 0 saturated carbocycles. The summed E-state index contributed by atoms with van der Waals surface area (Å²) in [5.74, 6) is 1.32. The number of aliphatic hydroxyl groups excluding tert-OH is 1. The largest absolute Gasteiger partial charge is 0.497 e. The zero-order chi connectivity index (χ0) is 15.4. The Bertz CT molecular complexity index is 588. The van der Waals surface area contributed by atoms with Gasteiger partial charge >= 0.3 is 0 Å². The minimum absolute atomic E-state index is 0.659. The molecule has 1 unspecified atom stereocenters. The van der Waals surface area contributed by atoms with Crippen molar-refractivity contribution in [1.29, 1.82) is 0 Å². The maximum atomic E-state index is 10.6. The van der Waals surface area contributed by atoms with Gasteiger partial charge in [-0.1, -0.05) is 12.1 Å². The molecule has 0 aliphatic carbocycles. The lowest BCUT2D eigenvalue weighted by Gasteiger charge is -2.17. The number of ether oxygens (including phenoxy) is 2. The Hall–Kier alpha value is -2.20. The Morgan fingerprint density at radius 1 is 0.905 bits per heavy atom. The van der Waals surface area contributed by atoms with E-state index in [2.05, 4.69) is 0 Å². The standard InChI is InChI=1S/C17H21NO3/c1-18(2)14-7-5-6-12(8-14)17(19)13-9-15(20-3)11-16(10-13)21-4/h5-11,17,19H,1-4H3. The highest BCUT2D eigenvalue weighted by molar-refractivity contribution is 5.50. The Morgan fingerprint density at radius 2 is 1.52 bits per heavy atom. The lowest BCUT2D eigenvalue weighted by Crippen LogP contribution is -2.09. The second-order valence-electron chi connectivity index (χ2n) is 5.04. The molecule has 0 saturated heterocycles. The number of hydrogen-bond donors (Lipinski definition) is 1. The predicted molar refractivity (Wildman–Crippen MR) is 84.4 cm³/mol. The van der Waals surface area contributed by atoms with Crippen LogP contribution in [0.5, 0.6) is 11.5 Å². The summed E-state index contributed by atoms with van der Waals surface area (Å²) in [4.78, 5) is 2.00. The number of anilines is 1. The summed E-state index contributed by atoms with van der Waals surface area (Å²) in [6.45, 7) is 0. The first-order valence-corrected chi connectivity index (χ1v) is 6.73. The number of methoxy groups -OCH3 is 2. The van der Waals surface area contributed by atoms with Gasteiger partial charge in [-0.05, 0) is 35.4 Å². The van der Waals surface area contributed by atoms with Crippen LogP contribution in [0.4, 0.5) is 5.69 Å². The van der Waals surface area contributed by atoms with Crippen LogP contribution in [-0.2, 0) is 0 Å². The van der Waals surface area contributed by atoms with Crippen LogP contribution >= 0.6 is 0 Å². The third kappa shape index (κ3) is 3.47. The first-order chi connectivity index (χ1) is 10.0. The van der Waals surface area contributed by atoms with E-state index in [4.69, 9.17) is 9.47 Å². The van der Waals surface area contributed by atoms with Gasteiger partial charge in [0.2, 0.25) is 0 Å². The van der Waals surface area contributed by atoms with Crippen LogP contribution < -0.4 is 14.4 Å². The van der Waals surface area contributed by atoms with Gasteiger partial charge in [-0.25, -0.2) is 0 Å². The molecule has 1 atom stereocenters. The fraction of sp³-hybridized carbons (Fsp3) is 0.294. The molecule has 0 aromatic heterocycles. The molecular weight excluding hydrogens is 266 g/mol. The fourth-order valence-corrected chi connectivity index (χ4v) is 2.15. The molecule has 1 N–H and O–H groups in total. The van der Waals surface area contributed by atoms with E-state index in [9.17, 15) is 5.11 Å². The molecule has 0 aliphatic heterocycles. The number of aliphatic hydroxyl groups is 1. The van der Waals surface area contributed by atoms with Gasteiger partial charge in [0.15, 0.2) is 0 Å². The minimum Gasteiger partial charge on any atom is -0.497 e. The van der Waals surface area contributed by atoms with Gasteiger partial charge in [0.1, 0.15) is 17.6 Å². The first kappa shape index (κ1) is 15.2. The molecule has 21 heavy (non-hydrogen) atoms. The smallest absolute Gasteiger partial charge is 0.122 e. The molecule has 0 radical (unpaired) electrons. The molecule has 0 aliphatic rings.